The molecule has 0 amide bonds. The second-order valence-corrected chi connectivity index (χ2v) is 5.12. The van der Waals surface area contributed by atoms with Crippen LogP contribution in [0.5, 0.6) is 0 Å². The lowest BCUT2D eigenvalue weighted by molar-refractivity contribution is 0.613. The van der Waals surface area contributed by atoms with Crippen molar-refractivity contribution in [2.24, 2.45) is 0 Å². The molecule has 0 saturated heterocycles. The van der Waals surface area contributed by atoms with Gasteiger partial charge in [-0.2, -0.15) is 5.26 Å². The molecule has 0 aliphatic carbocycles. The SMILES string of the molecule is N#Cc1cccc(CSc2ccc(Cl)cc2)c1F. The van der Waals surface area contributed by atoms with Gasteiger partial charge in [0.25, 0.3) is 0 Å². The quantitative estimate of drug-likeness (QED) is 0.763. The zero-order valence-electron chi connectivity index (χ0n) is 9.36. The van der Waals surface area contributed by atoms with Crippen molar-refractivity contribution in [3.8, 4) is 6.07 Å². The molecular weight excluding hydrogens is 269 g/mol. The fourth-order valence-electron chi connectivity index (χ4n) is 1.47. The van der Waals surface area contributed by atoms with Crippen LogP contribution in [0.4, 0.5) is 4.39 Å². The van der Waals surface area contributed by atoms with E-state index in [0.29, 0.717) is 16.3 Å². The highest BCUT2D eigenvalue weighted by Gasteiger charge is 2.07. The molecule has 0 N–H and O–H groups in total. The van der Waals surface area contributed by atoms with E-state index in [1.807, 2.05) is 18.2 Å². The van der Waals surface area contributed by atoms with E-state index in [1.54, 1.807) is 24.3 Å². The summed E-state index contributed by atoms with van der Waals surface area (Å²) in [6, 6.07) is 14.1. The summed E-state index contributed by atoms with van der Waals surface area (Å²) in [7, 11) is 0. The molecule has 0 saturated carbocycles. The van der Waals surface area contributed by atoms with Gasteiger partial charge >= 0.3 is 0 Å². The Hall–Kier alpha value is -1.50. The summed E-state index contributed by atoms with van der Waals surface area (Å²) in [6.45, 7) is 0. The molecule has 90 valence electrons. The Kier molecular flexibility index (Phi) is 4.24. The molecule has 0 bridgehead atoms. The molecule has 0 fully saturated rings. The number of halogens is 2. The minimum Gasteiger partial charge on any atom is -0.205 e. The lowest BCUT2D eigenvalue weighted by Gasteiger charge is -2.04. The summed E-state index contributed by atoms with van der Waals surface area (Å²) in [6.07, 6.45) is 0. The van der Waals surface area contributed by atoms with Gasteiger partial charge in [-0.3, -0.25) is 0 Å². The zero-order valence-corrected chi connectivity index (χ0v) is 10.9. The predicted octanol–water partition coefficient (Wildman–Crippen LogP) is 4.64. The number of nitrogens with zero attached hydrogens (tertiary/aromatic N) is 1. The van der Waals surface area contributed by atoms with E-state index < -0.39 is 5.82 Å². The van der Waals surface area contributed by atoms with Crippen LogP contribution >= 0.6 is 23.4 Å². The van der Waals surface area contributed by atoms with Crippen molar-refractivity contribution in [2.75, 3.05) is 0 Å². The third-order valence-corrected chi connectivity index (χ3v) is 3.72. The van der Waals surface area contributed by atoms with Crippen LogP contribution in [0.25, 0.3) is 0 Å². The smallest absolute Gasteiger partial charge is 0.144 e. The third-order valence-electron chi connectivity index (χ3n) is 2.41. The van der Waals surface area contributed by atoms with Crippen LogP contribution in [0.3, 0.4) is 0 Å². The molecule has 0 heterocycles. The minimum atomic E-state index is -0.429. The van der Waals surface area contributed by atoms with Gasteiger partial charge in [0, 0.05) is 15.7 Å². The van der Waals surface area contributed by atoms with Crippen molar-refractivity contribution in [3.05, 3.63) is 64.4 Å². The Balaban J connectivity index is 2.11. The molecule has 0 aromatic heterocycles. The van der Waals surface area contributed by atoms with Crippen molar-refractivity contribution in [3.63, 3.8) is 0 Å². The summed E-state index contributed by atoms with van der Waals surface area (Å²) in [4.78, 5) is 1.01. The average Bonchev–Trinajstić information content (AvgIpc) is 2.39. The first-order valence-corrected chi connectivity index (χ1v) is 6.63. The Morgan fingerprint density at radius 3 is 2.56 bits per heavy atom. The number of benzene rings is 2. The van der Waals surface area contributed by atoms with Crippen molar-refractivity contribution >= 4 is 23.4 Å². The van der Waals surface area contributed by atoms with Crippen LogP contribution in [0.15, 0.2) is 47.4 Å². The van der Waals surface area contributed by atoms with Crippen molar-refractivity contribution < 1.29 is 4.39 Å². The Morgan fingerprint density at radius 2 is 1.89 bits per heavy atom. The molecule has 0 atom stereocenters. The number of nitriles is 1. The second kappa shape index (κ2) is 5.90. The molecule has 0 aliphatic heterocycles. The largest absolute Gasteiger partial charge is 0.205 e. The van der Waals surface area contributed by atoms with Crippen LogP contribution < -0.4 is 0 Å². The fraction of sp³-hybridized carbons (Fsp3) is 0.0714. The lowest BCUT2D eigenvalue weighted by Crippen LogP contribution is -1.91. The van der Waals surface area contributed by atoms with Crippen LogP contribution in [0, 0.1) is 17.1 Å². The minimum absolute atomic E-state index is 0.0872. The summed E-state index contributed by atoms with van der Waals surface area (Å²) in [5, 5.41) is 9.42. The van der Waals surface area contributed by atoms with Gasteiger partial charge in [-0.05, 0) is 35.9 Å². The van der Waals surface area contributed by atoms with Crippen LogP contribution in [-0.4, -0.2) is 0 Å². The van der Waals surface area contributed by atoms with Gasteiger partial charge < -0.3 is 0 Å². The first kappa shape index (κ1) is 12.9. The summed E-state index contributed by atoms with van der Waals surface area (Å²) in [5.41, 5.74) is 0.623. The van der Waals surface area contributed by atoms with Gasteiger partial charge in [0.1, 0.15) is 11.9 Å². The number of hydrogen-bond donors (Lipinski definition) is 0. The number of rotatable bonds is 3. The van der Waals surface area contributed by atoms with E-state index in [2.05, 4.69) is 0 Å². The Morgan fingerprint density at radius 1 is 1.17 bits per heavy atom. The Bertz CT molecular complexity index is 590. The fourth-order valence-corrected chi connectivity index (χ4v) is 2.47. The molecule has 4 heteroatoms. The van der Waals surface area contributed by atoms with Gasteiger partial charge in [0.05, 0.1) is 5.56 Å². The molecule has 0 spiro atoms. The van der Waals surface area contributed by atoms with E-state index in [0.717, 1.165) is 4.90 Å². The lowest BCUT2D eigenvalue weighted by atomic mass is 10.1. The van der Waals surface area contributed by atoms with E-state index >= 15 is 0 Å². The third kappa shape index (κ3) is 3.04. The van der Waals surface area contributed by atoms with Crippen LogP contribution in [-0.2, 0) is 5.75 Å². The maximum absolute atomic E-state index is 13.8. The van der Waals surface area contributed by atoms with Crippen molar-refractivity contribution in [2.45, 2.75) is 10.6 Å². The summed E-state index contributed by atoms with van der Waals surface area (Å²) >= 11 is 7.30. The summed E-state index contributed by atoms with van der Waals surface area (Å²) < 4.78 is 13.8. The maximum atomic E-state index is 13.8. The number of hydrogen-bond acceptors (Lipinski definition) is 2. The molecular formula is C14H9ClFNS. The molecule has 2 aromatic rings. The van der Waals surface area contributed by atoms with E-state index in [4.69, 9.17) is 16.9 Å². The summed E-state index contributed by atoms with van der Waals surface area (Å²) in [5.74, 6) is 0.0599. The highest BCUT2D eigenvalue weighted by atomic mass is 35.5. The monoisotopic (exact) mass is 277 g/mol. The predicted molar refractivity (Wildman–Crippen MR) is 72.1 cm³/mol. The van der Waals surface area contributed by atoms with E-state index in [9.17, 15) is 4.39 Å². The normalized spacial score (nSPS) is 10.1. The number of thioether (sulfide) groups is 1. The molecule has 0 radical (unpaired) electrons. The zero-order chi connectivity index (χ0) is 13.0. The van der Waals surface area contributed by atoms with Crippen LogP contribution in [0.2, 0.25) is 5.02 Å². The standard InChI is InChI=1S/C14H9ClFNS/c15-12-4-6-13(7-5-12)18-9-11-3-1-2-10(8-17)14(11)16/h1-7H,9H2. The molecule has 2 rings (SSSR count). The van der Waals surface area contributed by atoms with Gasteiger partial charge in [-0.25, -0.2) is 4.39 Å². The van der Waals surface area contributed by atoms with E-state index in [1.165, 1.54) is 17.8 Å². The highest BCUT2D eigenvalue weighted by molar-refractivity contribution is 7.98. The first-order chi connectivity index (χ1) is 8.70. The van der Waals surface area contributed by atoms with Gasteiger partial charge in [0.2, 0.25) is 0 Å². The Labute approximate surface area is 114 Å². The van der Waals surface area contributed by atoms with Crippen molar-refractivity contribution in [1.82, 2.24) is 0 Å². The molecule has 1 nitrogen and oxygen atoms in total. The highest BCUT2D eigenvalue weighted by Crippen LogP contribution is 2.26. The first-order valence-electron chi connectivity index (χ1n) is 5.26. The molecule has 0 unspecified atom stereocenters. The van der Waals surface area contributed by atoms with Crippen molar-refractivity contribution in [1.29, 1.82) is 5.26 Å². The molecule has 0 aliphatic rings. The molecule has 18 heavy (non-hydrogen) atoms. The average molecular weight is 278 g/mol. The maximum Gasteiger partial charge on any atom is 0.144 e. The van der Waals surface area contributed by atoms with Gasteiger partial charge in [0.15, 0.2) is 0 Å². The molecule has 2 aromatic carbocycles. The topological polar surface area (TPSA) is 23.8 Å². The second-order valence-electron chi connectivity index (χ2n) is 3.63. The van der Waals surface area contributed by atoms with Gasteiger partial charge in [-0.1, -0.05) is 23.7 Å². The van der Waals surface area contributed by atoms with E-state index in [-0.39, 0.29) is 5.56 Å². The van der Waals surface area contributed by atoms with Crippen LogP contribution in [0.1, 0.15) is 11.1 Å². The van der Waals surface area contributed by atoms with Gasteiger partial charge in [-0.15, -0.1) is 11.8 Å².